The SMILES string of the molecule is O=C(C1CCCCN1)C1(OCc2cc(C(F)(F)F)cc(C(F)(F)F)c2)CCC2CCC1(c1ccccc1)N2. The molecule has 0 saturated carbocycles. The lowest BCUT2D eigenvalue weighted by atomic mass is 9.66. The summed E-state index contributed by atoms with van der Waals surface area (Å²) in [6.07, 6.45) is -5.28. The van der Waals surface area contributed by atoms with Gasteiger partial charge in [0.2, 0.25) is 0 Å². The van der Waals surface area contributed by atoms with E-state index in [-0.39, 0.29) is 23.5 Å². The minimum absolute atomic E-state index is 0.103. The minimum Gasteiger partial charge on any atom is -0.360 e. The highest BCUT2D eigenvalue weighted by molar-refractivity contribution is 5.94. The monoisotopic (exact) mass is 540 g/mol. The summed E-state index contributed by atoms with van der Waals surface area (Å²) in [5.74, 6) is -0.197. The van der Waals surface area contributed by atoms with Crippen LogP contribution in [-0.4, -0.2) is 30.0 Å². The van der Waals surface area contributed by atoms with E-state index in [1.54, 1.807) is 0 Å². The van der Waals surface area contributed by atoms with Gasteiger partial charge in [-0.25, -0.2) is 0 Å². The number of benzene rings is 2. The summed E-state index contributed by atoms with van der Waals surface area (Å²) in [6, 6.07) is 10.4. The molecule has 3 saturated heterocycles. The molecule has 0 amide bonds. The fourth-order valence-electron chi connectivity index (χ4n) is 6.46. The maximum Gasteiger partial charge on any atom is 0.416 e. The van der Waals surface area contributed by atoms with Crippen molar-refractivity contribution in [3.8, 4) is 0 Å². The molecule has 3 aliphatic rings. The number of fused-ring (bicyclic) bond motifs is 2. The Bertz CT molecular complexity index is 1130. The van der Waals surface area contributed by atoms with E-state index in [9.17, 15) is 31.1 Å². The average molecular weight is 541 g/mol. The highest BCUT2D eigenvalue weighted by Crippen LogP contribution is 2.53. The molecule has 2 aromatic carbocycles. The van der Waals surface area contributed by atoms with E-state index in [1.807, 2.05) is 30.3 Å². The largest absolute Gasteiger partial charge is 0.416 e. The zero-order valence-corrected chi connectivity index (χ0v) is 20.7. The van der Waals surface area contributed by atoms with Crippen molar-refractivity contribution in [1.82, 2.24) is 10.6 Å². The first-order valence-corrected chi connectivity index (χ1v) is 13.0. The van der Waals surface area contributed by atoms with E-state index in [0.29, 0.717) is 44.4 Å². The van der Waals surface area contributed by atoms with Crippen LogP contribution in [0.4, 0.5) is 26.3 Å². The predicted octanol–water partition coefficient (Wildman–Crippen LogP) is 6.13. The van der Waals surface area contributed by atoms with Gasteiger partial charge in [0.25, 0.3) is 0 Å². The lowest BCUT2D eigenvalue weighted by Crippen LogP contribution is -2.69. The van der Waals surface area contributed by atoms with Crippen molar-refractivity contribution in [3.05, 3.63) is 70.8 Å². The van der Waals surface area contributed by atoms with E-state index in [2.05, 4.69) is 10.6 Å². The molecular formula is C28H30F6N2O2. The summed E-state index contributed by atoms with van der Waals surface area (Å²) in [5, 5.41) is 6.87. The van der Waals surface area contributed by atoms with Gasteiger partial charge in [-0.05, 0) is 74.4 Å². The Balaban J connectivity index is 1.58. The Labute approximate surface area is 217 Å². The standard InChI is InChI=1S/C28H30F6N2O2/c29-27(30,31)20-14-18(15-21(16-20)28(32,33)34)17-38-26(24(37)23-8-4-5-13-35-23)12-10-22-9-11-25(26,36-22)19-6-2-1-3-7-19/h1-3,6-7,14-16,22-23,35-36H,4-5,8-13,17H2. The molecule has 5 rings (SSSR count). The van der Waals surface area contributed by atoms with Gasteiger partial charge in [-0.3, -0.25) is 4.79 Å². The minimum atomic E-state index is -4.97. The molecule has 3 aliphatic heterocycles. The van der Waals surface area contributed by atoms with Crippen LogP contribution in [0.15, 0.2) is 48.5 Å². The van der Waals surface area contributed by atoms with Crippen LogP contribution in [-0.2, 0) is 34.0 Å². The number of rotatable bonds is 6. The molecule has 2 bridgehead atoms. The van der Waals surface area contributed by atoms with Gasteiger partial charge in [0, 0.05) is 6.04 Å². The maximum absolute atomic E-state index is 14.3. The van der Waals surface area contributed by atoms with Crippen LogP contribution in [0.25, 0.3) is 0 Å². The molecule has 38 heavy (non-hydrogen) atoms. The number of nitrogens with one attached hydrogen (secondary N) is 2. The number of ether oxygens (including phenoxy) is 1. The number of piperidine rings is 2. The van der Waals surface area contributed by atoms with Crippen LogP contribution in [0.3, 0.4) is 0 Å². The predicted molar refractivity (Wildman–Crippen MR) is 128 cm³/mol. The van der Waals surface area contributed by atoms with Crippen LogP contribution in [0, 0.1) is 0 Å². The molecule has 3 heterocycles. The van der Waals surface area contributed by atoms with Crippen LogP contribution in [0.5, 0.6) is 0 Å². The topological polar surface area (TPSA) is 50.4 Å². The summed E-state index contributed by atoms with van der Waals surface area (Å²) < 4.78 is 87.4. The lowest BCUT2D eigenvalue weighted by molar-refractivity contribution is -0.172. The number of carbonyl (C=O) groups is 1. The summed E-state index contributed by atoms with van der Waals surface area (Å²) in [5.41, 5.74) is -4.67. The third-order valence-electron chi connectivity index (χ3n) is 8.28. The Morgan fingerprint density at radius 3 is 2.16 bits per heavy atom. The summed E-state index contributed by atoms with van der Waals surface area (Å²) in [7, 11) is 0. The van der Waals surface area contributed by atoms with Crippen molar-refractivity contribution in [3.63, 3.8) is 0 Å². The zero-order chi connectivity index (χ0) is 27.2. The van der Waals surface area contributed by atoms with Crippen LogP contribution >= 0.6 is 0 Å². The van der Waals surface area contributed by atoms with Crippen LogP contribution < -0.4 is 10.6 Å². The molecule has 206 valence electrons. The molecule has 10 heteroatoms. The van der Waals surface area contributed by atoms with E-state index in [0.717, 1.165) is 24.8 Å². The van der Waals surface area contributed by atoms with Crippen LogP contribution in [0.1, 0.15) is 67.2 Å². The molecule has 3 fully saturated rings. The van der Waals surface area contributed by atoms with E-state index < -0.39 is 47.3 Å². The van der Waals surface area contributed by atoms with Crippen LogP contribution in [0.2, 0.25) is 0 Å². The molecule has 0 spiro atoms. The van der Waals surface area contributed by atoms with Gasteiger partial charge < -0.3 is 15.4 Å². The Kier molecular flexibility index (Phi) is 7.11. The number of halogens is 6. The van der Waals surface area contributed by atoms with Crippen molar-refractivity contribution >= 4 is 5.78 Å². The molecule has 0 aliphatic carbocycles. The van der Waals surface area contributed by atoms with Gasteiger partial charge in [0.1, 0.15) is 0 Å². The quantitative estimate of drug-likeness (QED) is 0.433. The first-order chi connectivity index (χ1) is 17.9. The van der Waals surface area contributed by atoms with Crippen molar-refractivity contribution in [2.24, 2.45) is 0 Å². The van der Waals surface area contributed by atoms with E-state index in [4.69, 9.17) is 4.74 Å². The number of ketones is 1. The summed E-state index contributed by atoms with van der Waals surface area (Å²) in [4.78, 5) is 14.3. The number of alkyl halides is 6. The fraction of sp³-hybridized carbons (Fsp3) is 0.536. The van der Waals surface area contributed by atoms with E-state index in [1.165, 1.54) is 0 Å². The van der Waals surface area contributed by atoms with Crippen molar-refractivity contribution in [1.29, 1.82) is 0 Å². The van der Waals surface area contributed by atoms with Gasteiger partial charge >= 0.3 is 12.4 Å². The van der Waals surface area contributed by atoms with E-state index >= 15 is 0 Å². The number of carbonyl (C=O) groups excluding carboxylic acids is 1. The Hall–Kier alpha value is -2.43. The van der Waals surface area contributed by atoms with Gasteiger partial charge in [0.15, 0.2) is 11.4 Å². The second-order valence-corrected chi connectivity index (χ2v) is 10.6. The number of hydrogen-bond donors (Lipinski definition) is 2. The second-order valence-electron chi connectivity index (χ2n) is 10.6. The van der Waals surface area contributed by atoms with Crippen molar-refractivity contribution in [2.45, 2.75) is 87.1 Å². The first-order valence-electron chi connectivity index (χ1n) is 13.0. The third-order valence-corrected chi connectivity index (χ3v) is 8.28. The average Bonchev–Trinajstić information content (AvgIpc) is 3.28. The van der Waals surface area contributed by atoms with Gasteiger partial charge in [-0.1, -0.05) is 36.8 Å². The molecule has 2 aromatic rings. The third kappa shape index (κ3) is 4.86. The number of Topliss-reactive ketones (excluding diaryl/α,β-unsaturated/α-hetero) is 1. The normalized spacial score (nSPS) is 29.8. The molecule has 2 N–H and O–H groups in total. The lowest BCUT2D eigenvalue weighted by Gasteiger charge is -2.52. The smallest absolute Gasteiger partial charge is 0.360 e. The molecule has 0 radical (unpaired) electrons. The first kappa shape index (κ1) is 27.1. The molecule has 0 aromatic heterocycles. The van der Waals surface area contributed by atoms with Crippen molar-refractivity contribution in [2.75, 3.05) is 6.54 Å². The Morgan fingerprint density at radius 2 is 1.55 bits per heavy atom. The highest BCUT2D eigenvalue weighted by atomic mass is 19.4. The van der Waals surface area contributed by atoms with Gasteiger partial charge in [-0.2, -0.15) is 26.3 Å². The fourth-order valence-corrected chi connectivity index (χ4v) is 6.46. The van der Waals surface area contributed by atoms with Gasteiger partial charge in [0.05, 0.1) is 29.3 Å². The molecule has 4 nitrogen and oxygen atoms in total. The van der Waals surface area contributed by atoms with Gasteiger partial charge in [-0.15, -0.1) is 0 Å². The summed E-state index contributed by atoms with van der Waals surface area (Å²) >= 11 is 0. The van der Waals surface area contributed by atoms with Crippen molar-refractivity contribution < 1.29 is 35.9 Å². The maximum atomic E-state index is 14.3. The highest BCUT2D eigenvalue weighted by Gasteiger charge is 2.64. The summed E-state index contributed by atoms with van der Waals surface area (Å²) in [6.45, 7) is 0.0931. The second kappa shape index (κ2) is 9.95. The zero-order valence-electron chi connectivity index (χ0n) is 20.7. The Morgan fingerprint density at radius 1 is 0.895 bits per heavy atom. The molecule has 4 atom stereocenters. The number of hydrogen-bond acceptors (Lipinski definition) is 4. The molecule has 4 unspecified atom stereocenters. The molecular weight excluding hydrogens is 510 g/mol.